The SMILES string of the molecule is COc1cccc(Cc2nsc(N3CCN(CCNC(=O)c4cccc(OC)c4)CC3)n2)c1. The molecule has 1 fully saturated rings. The Kier molecular flexibility index (Phi) is 7.74. The first-order chi connectivity index (χ1) is 16.1. The fraction of sp³-hybridized carbons (Fsp3) is 0.375. The second kappa shape index (κ2) is 11.1. The van der Waals surface area contributed by atoms with Gasteiger partial charge in [-0.25, -0.2) is 4.98 Å². The van der Waals surface area contributed by atoms with Gasteiger partial charge in [-0.3, -0.25) is 9.69 Å². The van der Waals surface area contributed by atoms with Gasteiger partial charge in [0.1, 0.15) is 17.3 Å². The van der Waals surface area contributed by atoms with Gasteiger partial charge in [0, 0.05) is 62.8 Å². The largest absolute Gasteiger partial charge is 0.497 e. The number of aromatic nitrogens is 2. The van der Waals surface area contributed by atoms with Crippen molar-refractivity contribution in [2.75, 3.05) is 58.4 Å². The van der Waals surface area contributed by atoms with Crippen molar-refractivity contribution in [1.29, 1.82) is 0 Å². The lowest BCUT2D eigenvalue weighted by Crippen LogP contribution is -2.48. The van der Waals surface area contributed by atoms with Crippen LogP contribution in [0.15, 0.2) is 48.5 Å². The first kappa shape index (κ1) is 23.0. The molecule has 174 valence electrons. The summed E-state index contributed by atoms with van der Waals surface area (Å²) < 4.78 is 15.0. The maximum atomic E-state index is 12.3. The minimum absolute atomic E-state index is 0.0787. The third kappa shape index (κ3) is 6.21. The van der Waals surface area contributed by atoms with Crippen LogP contribution < -0.4 is 19.7 Å². The Morgan fingerprint density at radius 2 is 1.76 bits per heavy atom. The molecule has 1 aromatic heterocycles. The molecule has 2 heterocycles. The average molecular weight is 468 g/mol. The van der Waals surface area contributed by atoms with Gasteiger partial charge >= 0.3 is 0 Å². The topological polar surface area (TPSA) is 79.8 Å². The van der Waals surface area contributed by atoms with Crippen molar-refractivity contribution >= 4 is 22.6 Å². The van der Waals surface area contributed by atoms with Gasteiger partial charge in [-0.05, 0) is 35.9 Å². The summed E-state index contributed by atoms with van der Waals surface area (Å²) in [5, 5.41) is 3.97. The molecule has 0 atom stereocenters. The maximum Gasteiger partial charge on any atom is 0.251 e. The van der Waals surface area contributed by atoms with Crippen LogP contribution >= 0.6 is 11.5 Å². The highest BCUT2D eigenvalue weighted by Gasteiger charge is 2.20. The van der Waals surface area contributed by atoms with Crippen LogP contribution in [0, 0.1) is 0 Å². The van der Waals surface area contributed by atoms with Crippen molar-refractivity contribution in [3.8, 4) is 11.5 Å². The Balaban J connectivity index is 1.21. The molecule has 3 aromatic rings. The molecule has 1 aliphatic heterocycles. The maximum absolute atomic E-state index is 12.3. The minimum atomic E-state index is -0.0787. The number of nitrogens with zero attached hydrogens (tertiary/aromatic N) is 4. The van der Waals surface area contributed by atoms with E-state index in [4.69, 9.17) is 14.5 Å². The van der Waals surface area contributed by atoms with Crippen LogP contribution in [-0.4, -0.2) is 73.7 Å². The van der Waals surface area contributed by atoms with Crippen molar-refractivity contribution in [2.45, 2.75) is 6.42 Å². The van der Waals surface area contributed by atoms with Gasteiger partial charge in [-0.2, -0.15) is 4.37 Å². The van der Waals surface area contributed by atoms with Crippen molar-refractivity contribution < 1.29 is 14.3 Å². The predicted octanol–water partition coefficient (Wildman–Crippen LogP) is 2.70. The molecule has 0 aliphatic carbocycles. The molecule has 0 unspecified atom stereocenters. The summed E-state index contributed by atoms with van der Waals surface area (Å²) in [6, 6.07) is 15.2. The summed E-state index contributed by atoms with van der Waals surface area (Å²) in [6.07, 6.45) is 0.695. The van der Waals surface area contributed by atoms with Gasteiger partial charge < -0.3 is 19.7 Å². The van der Waals surface area contributed by atoms with Crippen LogP contribution in [0.25, 0.3) is 0 Å². The van der Waals surface area contributed by atoms with Crippen molar-refractivity contribution in [1.82, 2.24) is 19.6 Å². The van der Waals surface area contributed by atoms with Crippen LogP contribution in [0.2, 0.25) is 0 Å². The number of ether oxygens (including phenoxy) is 2. The van der Waals surface area contributed by atoms with Crippen LogP contribution in [0.5, 0.6) is 11.5 Å². The van der Waals surface area contributed by atoms with Gasteiger partial charge in [0.15, 0.2) is 0 Å². The van der Waals surface area contributed by atoms with E-state index in [0.717, 1.165) is 55.0 Å². The molecule has 1 saturated heterocycles. The van der Waals surface area contributed by atoms with Gasteiger partial charge in [-0.15, -0.1) is 0 Å². The Morgan fingerprint density at radius 1 is 1.03 bits per heavy atom. The van der Waals surface area contributed by atoms with E-state index in [-0.39, 0.29) is 5.91 Å². The summed E-state index contributed by atoms with van der Waals surface area (Å²) in [5.74, 6) is 2.29. The number of benzene rings is 2. The Morgan fingerprint density at radius 3 is 2.52 bits per heavy atom. The number of hydrogen-bond acceptors (Lipinski definition) is 8. The Labute approximate surface area is 198 Å². The molecule has 9 heteroatoms. The molecule has 2 aromatic carbocycles. The number of rotatable bonds is 9. The molecule has 0 saturated carbocycles. The Bertz CT molecular complexity index is 1070. The molecule has 0 spiro atoms. The van der Waals surface area contributed by atoms with E-state index in [1.807, 2.05) is 30.3 Å². The highest BCUT2D eigenvalue weighted by Crippen LogP contribution is 2.21. The second-order valence-electron chi connectivity index (χ2n) is 7.84. The van der Waals surface area contributed by atoms with Crippen molar-refractivity contribution in [3.05, 3.63) is 65.5 Å². The molecule has 1 aliphatic rings. The molecule has 0 radical (unpaired) electrons. The fourth-order valence-electron chi connectivity index (χ4n) is 3.77. The number of piperazine rings is 1. The van der Waals surface area contributed by atoms with E-state index in [1.165, 1.54) is 11.5 Å². The number of carbonyl (C=O) groups is 1. The van der Waals surface area contributed by atoms with Gasteiger partial charge in [0.25, 0.3) is 5.91 Å². The van der Waals surface area contributed by atoms with Crippen LogP contribution in [0.4, 0.5) is 5.13 Å². The van der Waals surface area contributed by atoms with E-state index in [0.29, 0.717) is 24.3 Å². The van der Waals surface area contributed by atoms with Gasteiger partial charge in [0.2, 0.25) is 5.13 Å². The first-order valence-corrected chi connectivity index (χ1v) is 11.8. The van der Waals surface area contributed by atoms with E-state index >= 15 is 0 Å². The Hall–Kier alpha value is -3.17. The molecular formula is C24H29N5O3S. The van der Waals surface area contributed by atoms with E-state index < -0.39 is 0 Å². The number of nitrogens with one attached hydrogen (secondary N) is 1. The quantitative estimate of drug-likeness (QED) is 0.518. The zero-order chi connectivity index (χ0) is 23.0. The molecular weight excluding hydrogens is 438 g/mol. The number of hydrogen-bond donors (Lipinski definition) is 1. The minimum Gasteiger partial charge on any atom is -0.497 e. The van der Waals surface area contributed by atoms with Crippen LogP contribution in [0.1, 0.15) is 21.7 Å². The van der Waals surface area contributed by atoms with Gasteiger partial charge in [-0.1, -0.05) is 18.2 Å². The highest BCUT2D eigenvalue weighted by molar-refractivity contribution is 7.09. The first-order valence-electron chi connectivity index (χ1n) is 11.0. The normalized spacial score (nSPS) is 14.2. The fourth-order valence-corrected chi connectivity index (χ4v) is 4.50. The molecule has 33 heavy (non-hydrogen) atoms. The lowest BCUT2D eigenvalue weighted by Gasteiger charge is -2.34. The average Bonchev–Trinajstić information content (AvgIpc) is 3.33. The molecule has 1 amide bonds. The standard InChI is InChI=1S/C24H29N5O3S/c1-31-20-7-3-5-18(15-20)16-22-26-24(33-27-22)29-13-11-28(12-14-29)10-9-25-23(30)19-6-4-8-21(17-19)32-2/h3-8,15,17H,9-14,16H2,1-2H3,(H,25,30). The number of amides is 1. The number of methoxy groups -OCH3 is 2. The van der Waals surface area contributed by atoms with Crippen LogP contribution in [-0.2, 0) is 6.42 Å². The lowest BCUT2D eigenvalue weighted by atomic mass is 10.1. The summed E-state index contributed by atoms with van der Waals surface area (Å²) >= 11 is 1.46. The van der Waals surface area contributed by atoms with E-state index in [9.17, 15) is 4.79 Å². The third-order valence-corrected chi connectivity index (χ3v) is 6.46. The third-order valence-electron chi connectivity index (χ3n) is 5.64. The highest BCUT2D eigenvalue weighted by atomic mass is 32.1. The predicted molar refractivity (Wildman–Crippen MR) is 130 cm³/mol. The van der Waals surface area contributed by atoms with Crippen molar-refractivity contribution in [2.24, 2.45) is 0 Å². The number of anilines is 1. The van der Waals surface area contributed by atoms with Crippen molar-refractivity contribution in [3.63, 3.8) is 0 Å². The summed E-state index contributed by atoms with van der Waals surface area (Å²) in [6.45, 7) is 5.09. The van der Waals surface area contributed by atoms with Crippen LogP contribution in [0.3, 0.4) is 0 Å². The molecule has 0 bridgehead atoms. The summed E-state index contributed by atoms with van der Waals surface area (Å²) in [5.41, 5.74) is 1.75. The zero-order valence-electron chi connectivity index (χ0n) is 19.0. The van der Waals surface area contributed by atoms with E-state index in [1.54, 1.807) is 26.4 Å². The second-order valence-corrected chi connectivity index (χ2v) is 8.57. The van der Waals surface area contributed by atoms with Gasteiger partial charge in [0.05, 0.1) is 14.2 Å². The monoisotopic (exact) mass is 467 g/mol. The number of carbonyl (C=O) groups excluding carboxylic acids is 1. The van der Waals surface area contributed by atoms with E-state index in [2.05, 4.69) is 25.6 Å². The molecule has 8 nitrogen and oxygen atoms in total. The molecule has 4 rings (SSSR count). The summed E-state index contributed by atoms with van der Waals surface area (Å²) in [7, 11) is 3.27. The summed E-state index contributed by atoms with van der Waals surface area (Å²) in [4.78, 5) is 21.7. The smallest absolute Gasteiger partial charge is 0.251 e. The molecule has 1 N–H and O–H groups in total. The zero-order valence-corrected chi connectivity index (χ0v) is 19.8. The lowest BCUT2D eigenvalue weighted by molar-refractivity contribution is 0.0947.